The van der Waals surface area contributed by atoms with Crippen molar-refractivity contribution in [2.24, 2.45) is 16.8 Å². The van der Waals surface area contributed by atoms with Gasteiger partial charge in [-0.15, -0.1) is 0 Å². The van der Waals surface area contributed by atoms with Gasteiger partial charge in [-0.3, -0.25) is 4.79 Å². The van der Waals surface area contributed by atoms with Crippen molar-refractivity contribution < 1.29 is 10.0 Å². The molecule has 1 aliphatic rings. The van der Waals surface area contributed by atoms with Crippen LogP contribution in [0, 0.1) is 5.92 Å². The van der Waals surface area contributed by atoms with Gasteiger partial charge < -0.3 is 16.3 Å². The molecule has 1 aromatic rings. The zero-order chi connectivity index (χ0) is 13.0. The lowest BCUT2D eigenvalue weighted by Crippen LogP contribution is -2.46. The monoisotopic (exact) mass is 247 g/mol. The lowest BCUT2D eigenvalue weighted by molar-refractivity contribution is -0.120. The molecule has 18 heavy (non-hydrogen) atoms. The van der Waals surface area contributed by atoms with E-state index >= 15 is 0 Å². The summed E-state index contributed by atoms with van der Waals surface area (Å²) in [5, 5.41) is 14.5. The van der Waals surface area contributed by atoms with Gasteiger partial charge in [0.1, 0.15) is 0 Å². The van der Waals surface area contributed by atoms with Crippen LogP contribution in [-0.4, -0.2) is 23.0 Å². The summed E-state index contributed by atoms with van der Waals surface area (Å²) < 4.78 is 0. The van der Waals surface area contributed by atoms with Crippen LogP contribution in [0.25, 0.3) is 0 Å². The molecule has 5 nitrogen and oxygen atoms in total. The van der Waals surface area contributed by atoms with Gasteiger partial charge in [-0.25, -0.2) is 0 Å². The van der Waals surface area contributed by atoms with Crippen molar-refractivity contribution in [3.63, 3.8) is 0 Å². The minimum atomic E-state index is -0.341. The van der Waals surface area contributed by atoms with E-state index < -0.39 is 0 Å². The number of carbonyl (C=O) groups excluding carboxylic acids is 1. The van der Waals surface area contributed by atoms with Gasteiger partial charge in [-0.05, 0) is 24.3 Å². The maximum atomic E-state index is 11.9. The van der Waals surface area contributed by atoms with Gasteiger partial charge in [0, 0.05) is 0 Å². The first-order chi connectivity index (χ1) is 8.70. The van der Waals surface area contributed by atoms with Gasteiger partial charge in [0.15, 0.2) is 5.84 Å². The quantitative estimate of drug-likeness (QED) is 0.312. The van der Waals surface area contributed by atoms with E-state index in [9.17, 15) is 4.79 Å². The summed E-state index contributed by atoms with van der Waals surface area (Å²) in [7, 11) is 0. The van der Waals surface area contributed by atoms with Crippen LogP contribution in [0.4, 0.5) is 0 Å². The highest BCUT2D eigenvalue weighted by atomic mass is 16.4. The first-order valence-corrected chi connectivity index (χ1v) is 6.01. The van der Waals surface area contributed by atoms with Gasteiger partial charge >= 0.3 is 0 Å². The molecule has 1 atom stereocenters. The lowest BCUT2D eigenvalue weighted by Gasteiger charge is -2.16. The van der Waals surface area contributed by atoms with E-state index in [2.05, 4.69) is 10.5 Å². The third-order valence-electron chi connectivity index (χ3n) is 3.05. The molecule has 1 amide bonds. The molecule has 2 rings (SSSR count). The third kappa shape index (κ3) is 3.23. The van der Waals surface area contributed by atoms with Gasteiger partial charge in [-0.2, -0.15) is 0 Å². The number of nitrogens with two attached hydrogens (primary N) is 1. The van der Waals surface area contributed by atoms with Crippen molar-refractivity contribution in [3.05, 3.63) is 35.9 Å². The van der Waals surface area contributed by atoms with E-state index in [-0.39, 0.29) is 17.8 Å². The molecule has 1 fully saturated rings. The summed E-state index contributed by atoms with van der Waals surface area (Å²) in [5.74, 6) is 0.282. The van der Waals surface area contributed by atoms with Crippen molar-refractivity contribution in [2.75, 3.05) is 0 Å². The Morgan fingerprint density at radius 1 is 1.44 bits per heavy atom. The third-order valence-corrected chi connectivity index (χ3v) is 3.05. The molecule has 0 saturated heterocycles. The molecule has 0 radical (unpaired) electrons. The first-order valence-electron chi connectivity index (χ1n) is 6.01. The van der Waals surface area contributed by atoms with Crippen molar-refractivity contribution in [2.45, 2.75) is 25.3 Å². The maximum absolute atomic E-state index is 11.9. The fourth-order valence-electron chi connectivity index (χ4n) is 1.93. The number of nitrogens with zero attached hydrogens (tertiary/aromatic N) is 1. The average molecular weight is 247 g/mol. The summed E-state index contributed by atoms with van der Waals surface area (Å²) in [6.07, 6.45) is 2.32. The van der Waals surface area contributed by atoms with Crippen molar-refractivity contribution in [1.82, 2.24) is 5.32 Å². The number of benzene rings is 1. The molecular weight excluding hydrogens is 230 g/mol. The summed E-state index contributed by atoms with van der Waals surface area (Å²) in [6, 6.07) is 9.15. The highest BCUT2D eigenvalue weighted by Crippen LogP contribution is 2.32. The first kappa shape index (κ1) is 12.4. The molecule has 1 aromatic carbocycles. The summed E-state index contributed by atoms with van der Waals surface area (Å²) in [6.45, 7) is 0. The van der Waals surface area contributed by atoms with Crippen LogP contribution in [0.2, 0.25) is 0 Å². The Hall–Kier alpha value is -2.04. The van der Waals surface area contributed by atoms with Gasteiger partial charge in [-0.1, -0.05) is 35.5 Å². The molecule has 0 aromatic heterocycles. The molecule has 1 unspecified atom stereocenters. The van der Waals surface area contributed by atoms with E-state index in [0.29, 0.717) is 12.3 Å². The Labute approximate surface area is 106 Å². The Balaban J connectivity index is 1.93. The molecule has 5 heteroatoms. The Bertz CT molecular complexity index is 441. The molecule has 1 saturated carbocycles. The van der Waals surface area contributed by atoms with E-state index in [1.807, 2.05) is 30.3 Å². The predicted molar refractivity (Wildman–Crippen MR) is 68.2 cm³/mol. The molecule has 0 bridgehead atoms. The van der Waals surface area contributed by atoms with Crippen LogP contribution in [0.5, 0.6) is 0 Å². The molecule has 1 aliphatic carbocycles. The molecule has 96 valence electrons. The molecule has 0 heterocycles. The second kappa shape index (κ2) is 5.53. The van der Waals surface area contributed by atoms with Crippen molar-refractivity contribution in [3.8, 4) is 0 Å². The van der Waals surface area contributed by atoms with Gasteiger partial charge in [0.05, 0.1) is 12.5 Å². The van der Waals surface area contributed by atoms with E-state index in [1.165, 1.54) is 0 Å². The van der Waals surface area contributed by atoms with Crippen molar-refractivity contribution in [1.29, 1.82) is 0 Å². The summed E-state index contributed by atoms with van der Waals surface area (Å²) in [5.41, 5.74) is 6.53. The van der Waals surface area contributed by atoms with Crippen LogP contribution in [0.15, 0.2) is 35.5 Å². The van der Waals surface area contributed by atoms with Gasteiger partial charge in [0.25, 0.3) is 0 Å². The Morgan fingerprint density at radius 3 is 2.67 bits per heavy atom. The second-order valence-electron chi connectivity index (χ2n) is 4.57. The largest absolute Gasteiger partial charge is 0.409 e. The maximum Gasteiger partial charge on any atom is 0.225 e. The number of amides is 1. The van der Waals surface area contributed by atoms with Gasteiger partial charge in [0.2, 0.25) is 5.91 Å². The number of rotatable bonds is 5. The van der Waals surface area contributed by atoms with Crippen LogP contribution in [-0.2, 0) is 11.2 Å². The second-order valence-corrected chi connectivity index (χ2v) is 4.57. The Kier molecular flexibility index (Phi) is 3.82. The number of oxime groups is 1. The topological polar surface area (TPSA) is 87.7 Å². The molecular formula is C13H17N3O2. The number of hydrogen-bond donors (Lipinski definition) is 3. The SMILES string of the molecule is NC(=NO)C(NC(=O)Cc1ccccc1)C1CC1. The number of nitrogens with one attached hydrogen (secondary N) is 1. The van der Waals surface area contributed by atoms with E-state index in [0.717, 1.165) is 18.4 Å². The zero-order valence-corrected chi connectivity index (χ0v) is 10.0. The van der Waals surface area contributed by atoms with E-state index in [1.54, 1.807) is 0 Å². The minimum absolute atomic E-state index is 0.0823. The minimum Gasteiger partial charge on any atom is -0.409 e. The predicted octanol–water partition coefficient (Wildman–Crippen LogP) is 0.870. The molecule has 0 aliphatic heterocycles. The zero-order valence-electron chi connectivity index (χ0n) is 10.0. The highest BCUT2D eigenvalue weighted by molar-refractivity contribution is 5.91. The highest BCUT2D eigenvalue weighted by Gasteiger charge is 2.35. The van der Waals surface area contributed by atoms with Crippen LogP contribution in [0.1, 0.15) is 18.4 Å². The van der Waals surface area contributed by atoms with E-state index in [4.69, 9.17) is 10.9 Å². The fraction of sp³-hybridized carbons (Fsp3) is 0.385. The summed E-state index contributed by atoms with van der Waals surface area (Å²) >= 11 is 0. The van der Waals surface area contributed by atoms with Crippen LogP contribution < -0.4 is 11.1 Å². The molecule has 4 N–H and O–H groups in total. The smallest absolute Gasteiger partial charge is 0.225 e. The van der Waals surface area contributed by atoms with Crippen LogP contribution in [0.3, 0.4) is 0 Å². The lowest BCUT2D eigenvalue weighted by atomic mass is 10.1. The standard InChI is InChI=1S/C13H17N3O2/c14-13(16-18)12(10-6-7-10)15-11(17)8-9-4-2-1-3-5-9/h1-5,10,12,18H,6-8H2,(H2,14,16)(H,15,17). The molecule has 0 spiro atoms. The fourth-order valence-corrected chi connectivity index (χ4v) is 1.93. The number of amidine groups is 1. The van der Waals surface area contributed by atoms with Crippen LogP contribution >= 0.6 is 0 Å². The normalized spacial score (nSPS) is 17.2. The number of carbonyl (C=O) groups is 1. The number of hydrogen-bond acceptors (Lipinski definition) is 3. The summed E-state index contributed by atoms with van der Waals surface area (Å²) in [4.78, 5) is 11.9. The Morgan fingerprint density at radius 2 is 2.11 bits per heavy atom. The average Bonchev–Trinajstić information content (AvgIpc) is 3.20. The van der Waals surface area contributed by atoms with Crippen molar-refractivity contribution >= 4 is 11.7 Å².